The van der Waals surface area contributed by atoms with Gasteiger partial charge < -0.3 is 0 Å². The van der Waals surface area contributed by atoms with Gasteiger partial charge in [0.1, 0.15) is 0 Å². The van der Waals surface area contributed by atoms with Crippen molar-refractivity contribution in [3.8, 4) is 0 Å². The molecule has 0 aliphatic carbocycles. The predicted molar refractivity (Wildman–Crippen MR) is 67.7 cm³/mol. The Labute approximate surface area is 107 Å². The van der Waals surface area contributed by atoms with E-state index in [2.05, 4.69) is 28.0 Å². The summed E-state index contributed by atoms with van der Waals surface area (Å²) >= 11 is 0. The fourth-order valence-corrected chi connectivity index (χ4v) is 1.50. The lowest BCUT2D eigenvalue weighted by Gasteiger charge is -2.05. The highest BCUT2D eigenvalue weighted by molar-refractivity contribution is 5.93. The van der Waals surface area contributed by atoms with Gasteiger partial charge in [-0.05, 0) is 19.4 Å². The second-order valence-corrected chi connectivity index (χ2v) is 4.25. The van der Waals surface area contributed by atoms with Crippen molar-refractivity contribution in [1.29, 1.82) is 0 Å². The lowest BCUT2D eigenvalue weighted by molar-refractivity contribution is -0.122. The summed E-state index contributed by atoms with van der Waals surface area (Å²) in [7, 11) is 0. The minimum Gasteiger partial charge on any atom is -0.282 e. The average molecular weight is 252 g/mol. The molecule has 0 saturated heterocycles. The van der Waals surface area contributed by atoms with Crippen LogP contribution in [0, 0.1) is 6.92 Å². The van der Waals surface area contributed by atoms with Crippen LogP contribution in [0.15, 0.2) is 6.07 Å². The van der Waals surface area contributed by atoms with Gasteiger partial charge >= 0.3 is 0 Å². The molecule has 0 aromatic carbocycles. The molecule has 0 saturated carbocycles. The third-order valence-corrected chi connectivity index (χ3v) is 2.51. The molecule has 18 heavy (non-hydrogen) atoms. The number of aromatic amines is 1. The molecule has 1 rings (SSSR count). The van der Waals surface area contributed by atoms with Gasteiger partial charge in [0.2, 0.25) is 5.91 Å². The summed E-state index contributed by atoms with van der Waals surface area (Å²) < 4.78 is 0. The molecule has 0 spiro atoms. The summed E-state index contributed by atoms with van der Waals surface area (Å²) in [5.74, 6) is -0.590. The van der Waals surface area contributed by atoms with Crippen LogP contribution in [0.4, 0.5) is 0 Å². The molecular weight excluding hydrogens is 232 g/mol. The van der Waals surface area contributed by atoms with Gasteiger partial charge in [0.15, 0.2) is 5.69 Å². The van der Waals surface area contributed by atoms with E-state index < -0.39 is 5.91 Å². The third-order valence-electron chi connectivity index (χ3n) is 2.51. The molecular formula is C12H20N4O2. The highest BCUT2D eigenvalue weighted by Gasteiger charge is 2.09. The highest BCUT2D eigenvalue weighted by Crippen LogP contribution is 2.01. The summed E-state index contributed by atoms with van der Waals surface area (Å²) in [4.78, 5) is 22.9. The number of hydrazine groups is 1. The Balaban J connectivity index is 2.20. The van der Waals surface area contributed by atoms with Gasteiger partial charge in [-0.2, -0.15) is 5.10 Å². The molecule has 6 heteroatoms. The van der Waals surface area contributed by atoms with Gasteiger partial charge in [-0.25, -0.2) is 0 Å². The normalized spacial score (nSPS) is 10.1. The zero-order valence-electron chi connectivity index (χ0n) is 10.9. The largest absolute Gasteiger partial charge is 0.290 e. The Bertz CT molecular complexity index is 401. The minimum atomic E-state index is -0.416. The summed E-state index contributed by atoms with van der Waals surface area (Å²) in [6, 6.07) is 1.61. The summed E-state index contributed by atoms with van der Waals surface area (Å²) in [5, 5.41) is 6.45. The van der Waals surface area contributed by atoms with Crippen molar-refractivity contribution in [2.24, 2.45) is 0 Å². The van der Waals surface area contributed by atoms with Crippen molar-refractivity contribution < 1.29 is 9.59 Å². The van der Waals surface area contributed by atoms with Crippen LogP contribution in [-0.2, 0) is 4.79 Å². The molecule has 1 aromatic rings. The molecule has 0 aliphatic rings. The van der Waals surface area contributed by atoms with Gasteiger partial charge in [0.05, 0.1) is 0 Å². The Morgan fingerprint density at radius 1 is 1.28 bits per heavy atom. The maximum absolute atomic E-state index is 11.5. The smallest absolute Gasteiger partial charge is 0.282 e. The number of hydrogen-bond acceptors (Lipinski definition) is 3. The standard InChI is InChI=1S/C12H20N4O2/c1-3-4-5-6-7-11(17)15-16-12(18)10-8-9(2)13-14-10/h8H,3-7H2,1-2H3,(H,13,14)(H,15,17)(H,16,18). The molecule has 0 aliphatic heterocycles. The fraction of sp³-hybridized carbons (Fsp3) is 0.583. The first-order chi connectivity index (χ1) is 8.63. The molecule has 0 fully saturated rings. The first-order valence-electron chi connectivity index (χ1n) is 6.24. The van der Waals surface area contributed by atoms with Crippen LogP contribution in [-0.4, -0.2) is 22.0 Å². The summed E-state index contributed by atoms with van der Waals surface area (Å²) in [5.41, 5.74) is 5.77. The van der Waals surface area contributed by atoms with Crippen LogP contribution in [0.3, 0.4) is 0 Å². The van der Waals surface area contributed by atoms with E-state index >= 15 is 0 Å². The molecule has 6 nitrogen and oxygen atoms in total. The van der Waals surface area contributed by atoms with E-state index in [0.717, 1.165) is 31.4 Å². The molecule has 100 valence electrons. The number of nitrogens with zero attached hydrogens (tertiary/aromatic N) is 1. The molecule has 0 unspecified atom stereocenters. The second-order valence-electron chi connectivity index (χ2n) is 4.25. The monoisotopic (exact) mass is 252 g/mol. The summed E-state index contributed by atoms with van der Waals surface area (Å²) in [6.45, 7) is 3.92. The number of aromatic nitrogens is 2. The van der Waals surface area contributed by atoms with E-state index in [1.165, 1.54) is 0 Å². The molecule has 0 radical (unpaired) electrons. The SMILES string of the molecule is CCCCCCC(=O)NNC(=O)c1cc(C)[nH]n1. The van der Waals surface area contributed by atoms with Gasteiger partial charge in [-0.3, -0.25) is 25.5 Å². The zero-order chi connectivity index (χ0) is 13.4. The van der Waals surface area contributed by atoms with E-state index in [-0.39, 0.29) is 11.6 Å². The van der Waals surface area contributed by atoms with Crippen LogP contribution >= 0.6 is 0 Å². The number of carbonyl (C=O) groups excluding carboxylic acids is 2. The summed E-state index contributed by atoms with van der Waals surface area (Å²) in [6.07, 6.45) is 4.58. The average Bonchev–Trinajstić information content (AvgIpc) is 2.78. The molecule has 0 atom stereocenters. The first kappa shape index (κ1) is 14.2. The number of unbranched alkanes of at least 4 members (excludes halogenated alkanes) is 3. The predicted octanol–water partition coefficient (Wildman–Crippen LogP) is 1.45. The number of nitrogens with one attached hydrogen (secondary N) is 3. The molecule has 1 aromatic heterocycles. The minimum absolute atomic E-state index is 0.174. The van der Waals surface area contributed by atoms with Crippen molar-refractivity contribution >= 4 is 11.8 Å². The lowest BCUT2D eigenvalue weighted by Crippen LogP contribution is -2.41. The number of amides is 2. The zero-order valence-corrected chi connectivity index (χ0v) is 10.9. The van der Waals surface area contributed by atoms with Crippen molar-refractivity contribution in [2.45, 2.75) is 46.0 Å². The first-order valence-corrected chi connectivity index (χ1v) is 6.24. The number of hydrogen-bond donors (Lipinski definition) is 3. The maximum Gasteiger partial charge on any atom is 0.290 e. The number of carbonyl (C=O) groups is 2. The molecule has 2 amide bonds. The number of H-pyrrole nitrogens is 1. The third kappa shape index (κ3) is 4.99. The van der Waals surface area contributed by atoms with E-state index in [9.17, 15) is 9.59 Å². The van der Waals surface area contributed by atoms with E-state index in [4.69, 9.17) is 0 Å². The Morgan fingerprint density at radius 3 is 2.67 bits per heavy atom. The van der Waals surface area contributed by atoms with Crippen molar-refractivity contribution in [3.63, 3.8) is 0 Å². The van der Waals surface area contributed by atoms with E-state index in [1.54, 1.807) is 13.0 Å². The van der Waals surface area contributed by atoms with Crippen molar-refractivity contribution in [3.05, 3.63) is 17.5 Å². The fourth-order valence-electron chi connectivity index (χ4n) is 1.50. The molecule has 0 bridgehead atoms. The van der Waals surface area contributed by atoms with Crippen LogP contribution in [0.25, 0.3) is 0 Å². The van der Waals surface area contributed by atoms with Gasteiger partial charge in [0, 0.05) is 12.1 Å². The topological polar surface area (TPSA) is 86.9 Å². The highest BCUT2D eigenvalue weighted by atomic mass is 16.2. The van der Waals surface area contributed by atoms with Gasteiger partial charge in [0.25, 0.3) is 5.91 Å². The van der Waals surface area contributed by atoms with Gasteiger partial charge in [-0.1, -0.05) is 26.2 Å². The number of rotatable bonds is 6. The van der Waals surface area contributed by atoms with Crippen molar-refractivity contribution in [1.82, 2.24) is 21.0 Å². The van der Waals surface area contributed by atoms with Crippen LogP contribution in [0.5, 0.6) is 0 Å². The quantitative estimate of drug-likeness (QED) is 0.529. The van der Waals surface area contributed by atoms with E-state index in [0.29, 0.717) is 6.42 Å². The Morgan fingerprint density at radius 2 is 2.06 bits per heavy atom. The van der Waals surface area contributed by atoms with Crippen LogP contribution in [0.2, 0.25) is 0 Å². The maximum atomic E-state index is 11.5. The van der Waals surface area contributed by atoms with E-state index in [1.807, 2.05) is 0 Å². The lowest BCUT2D eigenvalue weighted by atomic mass is 10.1. The molecule has 3 N–H and O–H groups in total. The van der Waals surface area contributed by atoms with Crippen molar-refractivity contribution in [2.75, 3.05) is 0 Å². The Hall–Kier alpha value is -1.85. The molecule has 1 heterocycles. The number of aryl methyl sites for hydroxylation is 1. The second kappa shape index (κ2) is 7.47. The van der Waals surface area contributed by atoms with Crippen LogP contribution in [0.1, 0.15) is 55.2 Å². The Kier molecular flexibility index (Phi) is 5.90. The van der Waals surface area contributed by atoms with Crippen LogP contribution < -0.4 is 10.9 Å². The van der Waals surface area contributed by atoms with Gasteiger partial charge in [-0.15, -0.1) is 0 Å².